The second-order valence-corrected chi connectivity index (χ2v) is 5.66. The van der Waals surface area contributed by atoms with Gasteiger partial charge < -0.3 is 10.6 Å². The molecule has 0 bridgehead atoms. The first-order valence-electron chi connectivity index (χ1n) is 7.70. The number of hydrogen-bond donors (Lipinski definition) is 2. The van der Waals surface area contributed by atoms with Crippen LogP contribution in [0.3, 0.4) is 0 Å². The van der Waals surface area contributed by atoms with Gasteiger partial charge in [0, 0.05) is 25.7 Å². The highest BCUT2D eigenvalue weighted by molar-refractivity contribution is 5.79. The van der Waals surface area contributed by atoms with Crippen molar-refractivity contribution in [2.24, 2.45) is 10.9 Å². The summed E-state index contributed by atoms with van der Waals surface area (Å²) in [4.78, 5) is 4.12. The van der Waals surface area contributed by atoms with Crippen molar-refractivity contribution in [3.8, 4) is 6.07 Å². The van der Waals surface area contributed by atoms with Crippen LogP contribution in [0.4, 0.5) is 4.39 Å². The number of nitriles is 1. The summed E-state index contributed by atoms with van der Waals surface area (Å²) >= 11 is 0. The predicted octanol–water partition coefficient (Wildman–Crippen LogP) is 3.19. The molecule has 0 radical (unpaired) electrons. The zero-order valence-electron chi connectivity index (χ0n) is 13.6. The van der Waals surface area contributed by atoms with Crippen molar-refractivity contribution in [2.45, 2.75) is 39.7 Å². The number of benzene rings is 1. The van der Waals surface area contributed by atoms with E-state index in [-0.39, 0.29) is 5.82 Å². The molecule has 0 amide bonds. The van der Waals surface area contributed by atoms with E-state index in [1.165, 1.54) is 25.0 Å². The van der Waals surface area contributed by atoms with Gasteiger partial charge in [-0.25, -0.2) is 4.39 Å². The number of hydrogen-bond acceptors (Lipinski definition) is 2. The van der Waals surface area contributed by atoms with E-state index in [9.17, 15) is 4.39 Å². The Kier molecular flexibility index (Phi) is 7.98. The quantitative estimate of drug-likeness (QED) is 0.462. The predicted molar refractivity (Wildman–Crippen MR) is 88.0 cm³/mol. The molecular formula is C17H25FN4. The molecule has 5 heteroatoms. The molecule has 4 nitrogen and oxygen atoms in total. The fourth-order valence-electron chi connectivity index (χ4n) is 2.06. The van der Waals surface area contributed by atoms with Crippen LogP contribution in [0, 0.1) is 23.1 Å². The minimum atomic E-state index is -0.320. The summed E-state index contributed by atoms with van der Waals surface area (Å²) in [7, 11) is 1.69. The lowest BCUT2D eigenvalue weighted by molar-refractivity contribution is 0.534. The van der Waals surface area contributed by atoms with E-state index in [1.807, 2.05) is 6.07 Å². The van der Waals surface area contributed by atoms with Crippen LogP contribution in [0.25, 0.3) is 0 Å². The molecule has 0 atom stereocenters. The van der Waals surface area contributed by atoms with Crippen molar-refractivity contribution < 1.29 is 4.39 Å². The van der Waals surface area contributed by atoms with E-state index in [2.05, 4.69) is 29.5 Å². The molecule has 0 aliphatic heterocycles. The summed E-state index contributed by atoms with van der Waals surface area (Å²) in [6, 6.07) is 6.36. The van der Waals surface area contributed by atoms with Gasteiger partial charge in [0.25, 0.3) is 0 Å². The van der Waals surface area contributed by atoms with Crippen molar-refractivity contribution in [1.29, 1.82) is 5.26 Å². The summed E-state index contributed by atoms with van der Waals surface area (Å²) in [6.07, 6.45) is 3.48. The molecule has 22 heavy (non-hydrogen) atoms. The van der Waals surface area contributed by atoms with Gasteiger partial charge in [-0.15, -0.1) is 0 Å². The number of aliphatic imine (C=N–C) groups is 1. The van der Waals surface area contributed by atoms with Crippen molar-refractivity contribution in [1.82, 2.24) is 10.6 Å². The van der Waals surface area contributed by atoms with Gasteiger partial charge in [0.05, 0.1) is 11.6 Å². The van der Waals surface area contributed by atoms with E-state index in [1.54, 1.807) is 13.1 Å². The van der Waals surface area contributed by atoms with Crippen LogP contribution < -0.4 is 10.6 Å². The molecule has 0 aliphatic carbocycles. The van der Waals surface area contributed by atoms with Crippen LogP contribution in [-0.4, -0.2) is 19.6 Å². The Morgan fingerprint density at radius 2 is 2.09 bits per heavy atom. The molecule has 0 aromatic heterocycles. The number of guanidine groups is 1. The van der Waals surface area contributed by atoms with Crippen LogP contribution in [0.2, 0.25) is 0 Å². The second kappa shape index (κ2) is 9.78. The maximum Gasteiger partial charge on any atom is 0.191 e. The first-order valence-corrected chi connectivity index (χ1v) is 7.70. The molecule has 1 aromatic rings. The molecular weight excluding hydrogens is 279 g/mol. The molecule has 0 unspecified atom stereocenters. The molecule has 120 valence electrons. The van der Waals surface area contributed by atoms with E-state index in [0.717, 1.165) is 18.9 Å². The van der Waals surface area contributed by atoms with Crippen LogP contribution in [-0.2, 0) is 6.54 Å². The zero-order valence-corrected chi connectivity index (χ0v) is 13.6. The Morgan fingerprint density at radius 3 is 2.73 bits per heavy atom. The van der Waals surface area contributed by atoms with Crippen molar-refractivity contribution >= 4 is 5.96 Å². The van der Waals surface area contributed by atoms with Crippen LogP contribution >= 0.6 is 0 Å². The molecule has 1 aromatic carbocycles. The Hall–Kier alpha value is -2.09. The highest BCUT2D eigenvalue weighted by Crippen LogP contribution is 2.09. The minimum Gasteiger partial charge on any atom is -0.356 e. The molecule has 2 N–H and O–H groups in total. The Labute approximate surface area is 132 Å². The normalized spacial score (nSPS) is 11.4. The fraction of sp³-hybridized carbons (Fsp3) is 0.529. The summed E-state index contributed by atoms with van der Waals surface area (Å²) in [5.74, 6) is 1.05. The van der Waals surface area contributed by atoms with Crippen molar-refractivity contribution in [3.05, 3.63) is 35.1 Å². The first kappa shape index (κ1) is 18.0. The summed E-state index contributed by atoms with van der Waals surface area (Å²) in [5.41, 5.74) is 0.914. The van der Waals surface area contributed by atoms with Crippen LogP contribution in [0.5, 0.6) is 0 Å². The number of nitrogens with one attached hydrogen (secondary N) is 2. The molecule has 0 heterocycles. The average Bonchev–Trinajstić information content (AvgIpc) is 2.51. The second-order valence-electron chi connectivity index (χ2n) is 5.66. The lowest BCUT2D eigenvalue weighted by atomic mass is 10.1. The summed E-state index contributed by atoms with van der Waals surface area (Å²) < 4.78 is 13.7. The lowest BCUT2D eigenvalue weighted by Gasteiger charge is -2.12. The highest BCUT2D eigenvalue weighted by atomic mass is 19.1. The summed E-state index contributed by atoms with van der Waals surface area (Å²) in [6.45, 7) is 5.58. The van der Waals surface area contributed by atoms with Gasteiger partial charge in [0.2, 0.25) is 0 Å². The van der Waals surface area contributed by atoms with Gasteiger partial charge in [-0.1, -0.05) is 26.7 Å². The fourth-order valence-corrected chi connectivity index (χ4v) is 2.06. The Balaban J connectivity index is 2.40. The highest BCUT2D eigenvalue weighted by Gasteiger charge is 2.05. The summed E-state index contributed by atoms with van der Waals surface area (Å²) in [5, 5.41) is 15.1. The van der Waals surface area contributed by atoms with Crippen LogP contribution in [0.1, 0.15) is 44.2 Å². The molecule has 0 aliphatic rings. The maximum absolute atomic E-state index is 13.7. The topological polar surface area (TPSA) is 60.2 Å². The van der Waals surface area contributed by atoms with Crippen LogP contribution in [0.15, 0.2) is 23.2 Å². The maximum atomic E-state index is 13.7. The molecule has 0 saturated carbocycles. The third-order valence-electron chi connectivity index (χ3n) is 3.35. The van der Waals surface area contributed by atoms with Crippen molar-refractivity contribution in [3.63, 3.8) is 0 Å². The van der Waals surface area contributed by atoms with E-state index in [4.69, 9.17) is 5.26 Å². The molecule has 0 saturated heterocycles. The molecule has 0 spiro atoms. The number of halogens is 1. The van der Waals surface area contributed by atoms with Crippen molar-refractivity contribution in [2.75, 3.05) is 13.6 Å². The standard InChI is InChI=1S/C17H25FN4/c1-13(2)6-4-5-9-21-17(20-3)22-12-15-10-14(11-19)7-8-16(15)18/h7-8,10,13H,4-6,9,12H2,1-3H3,(H2,20,21,22). The lowest BCUT2D eigenvalue weighted by Crippen LogP contribution is -2.37. The van der Waals surface area contributed by atoms with Gasteiger partial charge in [-0.05, 0) is 30.5 Å². The van der Waals surface area contributed by atoms with Gasteiger partial charge in [-0.2, -0.15) is 5.26 Å². The molecule has 0 fully saturated rings. The smallest absolute Gasteiger partial charge is 0.191 e. The van der Waals surface area contributed by atoms with Gasteiger partial charge in [0.15, 0.2) is 5.96 Å². The van der Waals surface area contributed by atoms with Gasteiger partial charge in [0.1, 0.15) is 5.82 Å². The first-order chi connectivity index (χ1) is 10.6. The third kappa shape index (κ3) is 6.57. The number of rotatable bonds is 7. The monoisotopic (exact) mass is 304 g/mol. The average molecular weight is 304 g/mol. The SMILES string of the molecule is CN=C(NCCCCC(C)C)NCc1cc(C#N)ccc1F. The Bertz CT molecular complexity index is 532. The van der Waals surface area contributed by atoms with E-state index < -0.39 is 0 Å². The van der Waals surface area contributed by atoms with E-state index >= 15 is 0 Å². The third-order valence-corrected chi connectivity index (χ3v) is 3.35. The van der Waals surface area contributed by atoms with Gasteiger partial charge in [-0.3, -0.25) is 4.99 Å². The zero-order chi connectivity index (χ0) is 16.4. The Morgan fingerprint density at radius 1 is 1.32 bits per heavy atom. The van der Waals surface area contributed by atoms with E-state index in [0.29, 0.717) is 23.6 Å². The molecule has 1 rings (SSSR count). The number of unbranched alkanes of at least 4 members (excludes halogenated alkanes) is 1. The largest absolute Gasteiger partial charge is 0.356 e. The minimum absolute atomic E-state index is 0.299. The number of nitrogens with zero attached hydrogens (tertiary/aromatic N) is 2. The van der Waals surface area contributed by atoms with Gasteiger partial charge >= 0.3 is 0 Å².